The molecule has 0 aromatic carbocycles. The van der Waals surface area contributed by atoms with E-state index in [1.165, 1.54) is 19.3 Å². The van der Waals surface area contributed by atoms with E-state index in [-0.39, 0.29) is 11.3 Å². The fourth-order valence-electron chi connectivity index (χ4n) is 2.41. The lowest BCUT2D eigenvalue weighted by molar-refractivity contribution is 0.147. The lowest BCUT2D eigenvalue weighted by Gasteiger charge is -2.37. The summed E-state index contributed by atoms with van der Waals surface area (Å²) in [5.41, 5.74) is 0.124. The summed E-state index contributed by atoms with van der Waals surface area (Å²) in [6.45, 7) is 10.9. The van der Waals surface area contributed by atoms with Crippen molar-refractivity contribution in [1.82, 2.24) is 10.2 Å². The van der Waals surface area contributed by atoms with Crippen LogP contribution in [0.5, 0.6) is 0 Å². The molecule has 1 N–H and O–H groups in total. The summed E-state index contributed by atoms with van der Waals surface area (Å²) < 4.78 is 23.2. The van der Waals surface area contributed by atoms with Crippen LogP contribution in [0, 0.1) is 0 Å². The number of hydrogen-bond acceptors (Lipinski definition) is 4. The number of hydrogen-bond donors (Lipinski definition) is 1. The quantitative estimate of drug-likeness (QED) is 0.808. The zero-order chi connectivity index (χ0) is 14.5. The molecule has 0 radical (unpaired) electrons. The molecular weight excluding hydrogens is 260 g/mol. The van der Waals surface area contributed by atoms with Crippen molar-refractivity contribution in [3.05, 3.63) is 0 Å². The van der Waals surface area contributed by atoms with E-state index in [2.05, 4.69) is 31.0 Å². The van der Waals surface area contributed by atoms with Gasteiger partial charge in [0.15, 0.2) is 9.84 Å². The van der Waals surface area contributed by atoms with Crippen molar-refractivity contribution in [2.24, 2.45) is 0 Å². The highest BCUT2D eigenvalue weighted by Gasteiger charge is 2.24. The fraction of sp³-hybridized carbons (Fsp3) is 1.00. The minimum Gasteiger partial charge on any atom is -0.311 e. The molecule has 1 aliphatic heterocycles. The van der Waals surface area contributed by atoms with Gasteiger partial charge in [0.2, 0.25) is 0 Å². The standard InChI is InChI=1S/C14H30N2O2S/c1-5-19(17,18)11-10-16-9-7-6-8-13(16)12-15-14(2,3)4/h13,15H,5-12H2,1-4H3. The highest BCUT2D eigenvalue weighted by atomic mass is 32.2. The summed E-state index contributed by atoms with van der Waals surface area (Å²) in [7, 11) is -2.85. The van der Waals surface area contributed by atoms with Crippen LogP contribution in [0.15, 0.2) is 0 Å². The highest BCUT2D eigenvalue weighted by molar-refractivity contribution is 7.91. The lowest BCUT2D eigenvalue weighted by Crippen LogP contribution is -2.50. The maximum Gasteiger partial charge on any atom is 0.151 e. The Labute approximate surface area is 118 Å². The number of piperidine rings is 1. The van der Waals surface area contributed by atoms with Gasteiger partial charge in [0.25, 0.3) is 0 Å². The molecule has 1 fully saturated rings. The molecule has 1 heterocycles. The minimum atomic E-state index is -2.85. The molecule has 1 aliphatic rings. The molecule has 1 atom stereocenters. The molecule has 1 saturated heterocycles. The van der Waals surface area contributed by atoms with Gasteiger partial charge < -0.3 is 5.32 Å². The largest absolute Gasteiger partial charge is 0.311 e. The van der Waals surface area contributed by atoms with Crippen molar-refractivity contribution < 1.29 is 8.42 Å². The first-order chi connectivity index (χ1) is 8.73. The van der Waals surface area contributed by atoms with Crippen LogP contribution in [-0.2, 0) is 9.84 Å². The summed E-state index contributed by atoms with van der Waals surface area (Å²) in [5.74, 6) is 0.557. The Kier molecular flexibility index (Phi) is 6.27. The van der Waals surface area contributed by atoms with Gasteiger partial charge in [-0.1, -0.05) is 13.3 Å². The predicted molar refractivity (Wildman–Crippen MR) is 81.3 cm³/mol. The first-order valence-electron chi connectivity index (χ1n) is 7.43. The summed E-state index contributed by atoms with van der Waals surface area (Å²) in [5, 5.41) is 3.54. The molecule has 0 aromatic rings. The molecular formula is C14H30N2O2S. The summed E-state index contributed by atoms with van der Waals surface area (Å²) >= 11 is 0. The number of sulfone groups is 1. The topological polar surface area (TPSA) is 49.4 Å². The first-order valence-corrected chi connectivity index (χ1v) is 9.25. The molecule has 0 aliphatic carbocycles. The molecule has 5 heteroatoms. The van der Waals surface area contributed by atoms with Gasteiger partial charge in [0, 0.05) is 30.4 Å². The van der Waals surface area contributed by atoms with Crippen LogP contribution in [0.25, 0.3) is 0 Å². The normalized spacial score (nSPS) is 22.6. The molecule has 19 heavy (non-hydrogen) atoms. The van der Waals surface area contributed by atoms with Crippen LogP contribution < -0.4 is 5.32 Å². The van der Waals surface area contributed by atoms with E-state index in [9.17, 15) is 8.42 Å². The molecule has 0 saturated carbocycles. The fourth-order valence-corrected chi connectivity index (χ4v) is 3.21. The smallest absolute Gasteiger partial charge is 0.151 e. The lowest BCUT2D eigenvalue weighted by atomic mass is 10.0. The van der Waals surface area contributed by atoms with Gasteiger partial charge in [0.05, 0.1) is 5.75 Å². The average molecular weight is 290 g/mol. The summed E-state index contributed by atoms with van der Waals surface area (Å²) in [6.07, 6.45) is 3.63. The van der Waals surface area contributed by atoms with Gasteiger partial charge in [-0.05, 0) is 40.2 Å². The molecule has 1 unspecified atom stereocenters. The molecule has 0 amide bonds. The van der Waals surface area contributed by atoms with Crippen LogP contribution in [0.3, 0.4) is 0 Å². The highest BCUT2D eigenvalue weighted by Crippen LogP contribution is 2.17. The van der Waals surface area contributed by atoms with E-state index in [1.54, 1.807) is 6.92 Å². The van der Waals surface area contributed by atoms with Crippen LogP contribution in [0.4, 0.5) is 0 Å². The molecule has 4 nitrogen and oxygen atoms in total. The maximum absolute atomic E-state index is 11.6. The molecule has 1 rings (SSSR count). The number of nitrogens with zero attached hydrogens (tertiary/aromatic N) is 1. The second-order valence-electron chi connectivity index (χ2n) is 6.55. The van der Waals surface area contributed by atoms with Gasteiger partial charge in [-0.15, -0.1) is 0 Å². The SMILES string of the molecule is CCS(=O)(=O)CCN1CCCCC1CNC(C)(C)C. The van der Waals surface area contributed by atoms with E-state index in [1.807, 2.05) is 0 Å². The van der Waals surface area contributed by atoms with Crippen LogP contribution in [0.2, 0.25) is 0 Å². The molecule has 0 spiro atoms. The Balaban J connectivity index is 2.48. The molecule has 114 valence electrons. The van der Waals surface area contributed by atoms with Crippen molar-refractivity contribution >= 4 is 9.84 Å². The summed E-state index contributed by atoms with van der Waals surface area (Å²) in [6, 6.07) is 0.486. The number of rotatable bonds is 6. The molecule has 0 bridgehead atoms. The zero-order valence-electron chi connectivity index (χ0n) is 12.9. The Morgan fingerprint density at radius 1 is 1.26 bits per heavy atom. The number of likely N-dealkylation sites (tertiary alicyclic amines) is 1. The van der Waals surface area contributed by atoms with Gasteiger partial charge in [0.1, 0.15) is 0 Å². The Hall–Kier alpha value is -0.130. The van der Waals surface area contributed by atoms with Crippen LogP contribution in [0.1, 0.15) is 47.0 Å². The monoisotopic (exact) mass is 290 g/mol. The average Bonchev–Trinajstić information content (AvgIpc) is 2.34. The first kappa shape index (κ1) is 16.9. The molecule has 0 aromatic heterocycles. The Bertz CT molecular complexity index is 360. The van der Waals surface area contributed by atoms with Crippen molar-refractivity contribution in [3.63, 3.8) is 0 Å². The van der Waals surface area contributed by atoms with E-state index in [4.69, 9.17) is 0 Å². The third kappa shape index (κ3) is 6.72. The second-order valence-corrected chi connectivity index (χ2v) is 9.03. The van der Waals surface area contributed by atoms with Crippen LogP contribution >= 0.6 is 0 Å². The second kappa shape index (κ2) is 7.04. The van der Waals surface area contributed by atoms with Gasteiger partial charge in [-0.3, -0.25) is 4.90 Å². The van der Waals surface area contributed by atoms with E-state index < -0.39 is 9.84 Å². The summed E-state index contributed by atoms with van der Waals surface area (Å²) in [4.78, 5) is 2.36. The maximum atomic E-state index is 11.6. The van der Waals surface area contributed by atoms with E-state index >= 15 is 0 Å². The van der Waals surface area contributed by atoms with Gasteiger partial charge in [-0.25, -0.2) is 8.42 Å². The van der Waals surface area contributed by atoms with Crippen LogP contribution in [-0.4, -0.2) is 56.0 Å². The van der Waals surface area contributed by atoms with E-state index in [0.717, 1.165) is 13.1 Å². The van der Waals surface area contributed by atoms with E-state index in [0.29, 0.717) is 18.3 Å². The minimum absolute atomic E-state index is 0.124. The number of nitrogens with one attached hydrogen (secondary N) is 1. The third-order valence-corrected chi connectivity index (χ3v) is 5.43. The van der Waals surface area contributed by atoms with Crippen molar-refractivity contribution in [2.45, 2.75) is 58.5 Å². The van der Waals surface area contributed by atoms with Gasteiger partial charge in [-0.2, -0.15) is 0 Å². The van der Waals surface area contributed by atoms with Crippen molar-refractivity contribution in [3.8, 4) is 0 Å². The Morgan fingerprint density at radius 3 is 2.53 bits per heavy atom. The predicted octanol–water partition coefficient (Wildman–Crippen LogP) is 1.66. The third-order valence-electron chi connectivity index (χ3n) is 3.75. The van der Waals surface area contributed by atoms with Crippen molar-refractivity contribution in [1.29, 1.82) is 0 Å². The van der Waals surface area contributed by atoms with Crippen molar-refractivity contribution in [2.75, 3.05) is 31.1 Å². The zero-order valence-corrected chi connectivity index (χ0v) is 13.7. The Morgan fingerprint density at radius 2 is 1.95 bits per heavy atom. The van der Waals surface area contributed by atoms with Gasteiger partial charge >= 0.3 is 0 Å².